The van der Waals surface area contributed by atoms with Crippen LogP contribution in [-0.4, -0.2) is 12.9 Å². The molecule has 0 heterocycles. The maximum absolute atomic E-state index is 13.2. The van der Waals surface area contributed by atoms with Gasteiger partial charge in [0, 0.05) is 13.1 Å². The van der Waals surface area contributed by atoms with E-state index in [0.29, 0.717) is 5.56 Å². The minimum absolute atomic E-state index is 0.161. The molecule has 0 saturated heterocycles. The summed E-state index contributed by atoms with van der Waals surface area (Å²) in [6.07, 6.45) is 0. The number of nitrogens with zero attached hydrogens (tertiary/aromatic N) is 1. The predicted molar refractivity (Wildman–Crippen MR) is 50.9 cm³/mol. The van der Waals surface area contributed by atoms with Crippen LogP contribution >= 0.6 is 0 Å². The smallest absolute Gasteiger partial charge is 0.145 e. The lowest BCUT2D eigenvalue weighted by Gasteiger charge is -2.07. The van der Waals surface area contributed by atoms with Gasteiger partial charge in [-0.15, -0.1) is 0 Å². The molecule has 0 fully saturated rings. The van der Waals surface area contributed by atoms with Gasteiger partial charge in [-0.1, -0.05) is 0 Å². The van der Waals surface area contributed by atoms with E-state index >= 15 is 0 Å². The molecule has 0 radical (unpaired) electrons. The molecule has 5 heteroatoms. The van der Waals surface area contributed by atoms with Crippen molar-refractivity contribution < 1.29 is 8.78 Å². The van der Waals surface area contributed by atoms with Crippen molar-refractivity contribution in [3.63, 3.8) is 0 Å². The highest BCUT2D eigenvalue weighted by atomic mass is 19.1. The second-order valence-electron chi connectivity index (χ2n) is 2.80. The van der Waals surface area contributed by atoms with Gasteiger partial charge >= 0.3 is 0 Å². The van der Waals surface area contributed by atoms with Crippen LogP contribution in [0.25, 0.3) is 0 Å². The molecular weight excluding hydrogens is 188 g/mol. The average molecular weight is 199 g/mol. The number of nitrogens with one attached hydrogen (secondary N) is 1. The lowest BCUT2D eigenvalue weighted by molar-refractivity contribution is 0.575. The Hall–Kier alpha value is -1.49. The number of aryl methyl sites for hydroxylation is 1. The summed E-state index contributed by atoms with van der Waals surface area (Å²) < 4.78 is 26.1. The Morgan fingerprint density at radius 1 is 1.36 bits per heavy atom. The zero-order valence-electron chi connectivity index (χ0n) is 7.94. The molecule has 0 aliphatic heterocycles. The molecule has 0 spiro atoms. The Bertz CT molecular complexity index is 375. The van der Waals surface area contributed by atoms with E-state index in [2.05, 4.69) is 10.4 Å². The SMILES string of the molecule is CN=C(NN)c1cc(C)c(F)cc1F. The van der Waals surface area contributed by atoms with E-state index in [1.807, 2.05) is 0 Å². The minimum Gasteiger partial charge on any atom is -0.308 e. The second-order valence-corrected chi connectivity index (χ2v) is 2.80. The minimum atomic E-state index is -0.688. The molecule has 0 atom stereocenters. The van der Waals surface area contributed by atoms with Crippen LogP contribution in [0.3, 0.4) is 0 Å². The fraction of sp³-hybridized carbons (Fsp3) is 0.222. The molecule has 0 bridgehead atoms. The number of amidine groups is 1. The van der Waals surface area contributed by atoms with Gasteiger partial charge in [0.05, 0.1) is 5.56 Å². The van der Waals surface area contributed by atoms with E-state index in [1.165, 1.54) is 13.1 Å². The van der Waals surface area contributed by atoms with Crippen LogP contribution in [0, 0.1) is 18.6 Å². The van der Waals surface area contributed by atoms with E-state index in [-0.39, 0.29) is 11.4 Å². The summed E-state index contributed by atoms with van der Waals surface area (Å²) in [6.45, 7) is 1.54. The van der Waals surface area contributed by atoms with Crippen LogP contribution in [0.2, 0.25) is 0 Å². The van der Waals surface area contributed by atoms with E-state index in [9.17, 15) is 8.78 Å². The Labute approximate surface area is 80.6 Å². The topological polar surface area (TPSA) is 50.4 Å². The molecule has 1 aromatic rings. The van der Waals surface area contributed by atoms with Crippen molar-refractivity contribution in [3.05, 3.63) is 34.9 Å². The molecule has 3 N–H and O–H groups in total. The van der Waals surface area contributed by atoms with Crippen LogP contribution in [0.1, 0.15) is 11.1 Å². The molecule has 14 heavy (non-hydrogen) atoms. The van der Waals surface area contributed by atoms with Gasteiger partial charge in [-0.05, 0) is 18.6 Å². The normalized spacial score (nSPS) is 11.6. The van der Waals surface area contributed by atoms with E-state index in [4.69, 9.17) is 5.84 Å². The summed E-state index contributed by atoms with van der Waals surface area (Å²) in [5.41, 5.74) is 2.75. The number of hydrogen-bond acceptors (Lipinski definition) is 2. The molecule has 1 aromatic carbocycles. The maximum atomic E-state index is 13.2. The molecule has 0 saturated carbocycles. The lowest BCUT2D eigenvalue weighted by atomic mass is 10.1. The standard InChI is InChI=1S/C9H11F2N3/c1-5-3-6(9(13-2)14-12)8(11)4-7(5)10/h3-4H,12H2,1-2H3,(H,13,14). The fourth-order valence-electron chi connectivity index (χ4n) is 1.10. The third-order valence-electron chi connectivity index (χ3n) is 1.86. The van der Waals surface area contributed by atoms with Gasteiger partial charge in [-0.3, -0.25) is 4.99 Å². The highest BCUT2D eigenvalue weighted by Gasteiger charge is 2.11. The molecule has 1 rings (SSSR count). The molecule has 0 amide bonds. The van der Waals surface area contributed by atoms with Crippen molar-refractivity contribution in [2.24, 2.45) is 10.8 Å². The predicted octanol–water partition coefficient (Wildman–Crippen LogP) is 1.11. The second kappa shape index (κ2) is 4.15. The van der Waals surface area contributed by atoms with Crippen LogP contribution in [0.4, 0.5) is 8.78 Å². The molecular formula is C9H11F2N3. The van der Waals surface area contributed by atoms with Gasteiger partial charge in [0.25, 0.3) is 0 Å². The fourth-order valence-corrected chi connectivity index (χ4v) is 1.10. The average Bonchev–Trinajstić information content (AvgIpc) is 2.15. The van der Waals surface area contributed by atoms with Crippen molar-refractivity contribution >= 4 is 5.84 Å². The summed E-state index contributed by atoms with van der Waals surface area (Å²) in [4.78, 5) is 3.73. The third kappa shape index (κ3) is 1.88. The summed E-state index contributed by atoms with van der Waals surface area (Å²) in [5.74, 6) is 4.04. The Morgan fingerprint density at radius 2 is 2.00 bits per heavy atom. The first-order valence-electron chi connectivity index (χ1n) is 3.99. The number of halogens is 2. The Morgan fingerprint density at radius 3 is 2.50 bits per heavy atom. The molecule has 0 aliphatic carbocycles. The number of hydrazine groups is 1. The number of nitrogens with two attached hydrogens (primary N) is 1. The molecule has 76 valence electrons. The summed E-state index contributed by atoms with van der Waals surface area (Å²) in [6, 6.07) is 2.17. The largest absolute Gasteiger partial charge is 0.308 e. The summed E-state index contributed by atoms with van der Waals surface area (Å²) in [5, 5.41) is 0. The summed E-state index contributed by atoms with van der Waals surface area (Å²) in [7, 11) is 1.47. The number of rotatable bonds is 1. The highest BCUT2D eigenvalue weighted by molar-refractivity contribution is 5.98. The van der Waals surface area contributed by atoms with Gasteiger partial charge in [-0.2, -0.15) is 0 Å². The molecule has 0 unspecified atom stereocenters. The zero-order chi connectivity index (χ0) is 10.7. The first-order chi connectivity index (χ1) is 6.60. The van der Waals surface area contributed by atoms with Crippen LogP contribution in [0.5, 0.6) is 0 Å². The van der Waals surface area contributed by atoms with E-state index in [1.54, 1.807) is 6.92 Å². The Balaban J connectivity index is 3.28. The van der Waals surface area contributed by atoms with Gasteiger partial charge < -0.3 is 5.43 Å². The van der Waals surface area contributed by atoms with Gasteiger partial charge in [-0.25, -0.2) is 14.6 Å². The van der Waals surface area contributed by atoms with Gasteiger partial charge in [0.2, 0.25) is 0 Å². The van der Waals surface area contributed by atoms with Crippen LogP contribution in [-0.2, 0) is 0 Å². The van der Waals surface area contributed by atoms with Crippen molar-refractivity contribution in [2.45, 2.75) is 6.92 Å². The van der Waals surface area contributed by atoms with Crippen LogP contribution in [0.15, 0.2) is 17.1 Å². The van der Waals surface area contributed by atoms with E-state index in [0.717, 1.165) is 6.07 Å². The number of hydrogen-bond donors (Lipinski definition) is 2. The molecule has 0 aromatic heterocycles. The maximum Gasteiger partial charge on any atom is 0.145 e. The number of benzene rings is 1. The quantitative estimate of drug-likeness (QED) is 0.308. The molecule has 0 aliphatic rings. The van der Waals surface area contributed by atoms with Crippen molar-refractivity contribution in [1.82, 2.24) is 5.43 Å². The lowest BCUT2D eigenvalue weighted by Crippen LogP contribution is -2.31. The summed E-state index contributed by atoms with van der Waals surface area (Å²) >= 11 is 0. The monoisotopic (exact) mass is 199 g/mol. The highest BCUT2D eigenvalue weighted by Crippen LogP contribution is 2.14. The van der Waals surface area contributed by atoms with Crippen LogP contribution < -0.4 is 11.3 Å². The number of aliphatic imine (C=N–C) groups is 1. The third-order valence-corrected chi connectivity index (χ3v) is 1.86. The molecule has 3 nitrogen and oxygen atoms in total. The van der Waals surface area contributed by atoms with E-state index < -0.39 is 11.6 Å². The van der Waals surface area contributed by atoms with Crippen molar-refractivity contribution in [1.29, 1.82) is 0 Å². The van der Waals surface area contributed by atoms with Crippen molar-refractivity contribution in [2.75, 3.05) is 7.05 Å². The van der Waals surface area contributed by atoms with Crippen molar-refractivity contribution in [3.8, 4) is 0 Å². The first kappa shape index (κ1) is 10.6. The zero-order valence-corrected chi connectivity index (χ0v) is 7.94. The van der Waals surface area contributed by atoms with Gasteiger partial charge in [0.15, 0.2) is 0 Å². The van der Waals surface area contributed by atoms with Gasteiger partial charge in [0.1, 0.15) is 17.5 Å². The Kier molecular flexibility index (Phi) is 3.14. The first-order valence-corrected chi connectivity index (χ1v) is 3.99.